The molecule has 7 nitrogen and oxygen atoms in total. The fourth-order valence-electron chi connectivity index (χ4n) is 3.10. The van der Waals surface area contributed by atoms with E-state index in [1.54, 1.807) is 26.0 Å². The smallest absolute Gasteiger partial charge is 0.338 e. The molecule has 0 radical (unpaired) electrons. The number of aliphatic hydroxyl groups is 2. The highest BCUT2D eigenvalue weighted by molar-refractivity contribution is 5.93. The Balaban J connectivity index is 2.59. The lowest BCUT2D eigenvalue weighted by atomic mass is 9.68. The third kappa shape index (κ3) is 3.31. The monoisotopic (exact) mass is 338 g/mol. The van der Waals surface area contributed by atoms with E-state index in [4.69, 9.17) is 13.9 Å². The van der Waals surface area contributed by atoms with Crippen molar-refractivity contribution in [3.05, 3.63) is 35.5 Å². The third-order valence-corrected chi connectivity index (χ3v) is 4.04. The molecule has 0 fully saturated rings. The highest BCUT2D eigenvalue weighted by Crippen LogP contribution is 2.47. The Morgan fingerprint density at radius 2 is 2.00 bits per heavy atom. The average molecular weight is 338 g/mol. The molecule has 3 atom stereocenters. The van der Waals surface area contributed by atoms with E-state index in [9.17, 15) is 19.8 Å². The molecular weight excluding hydrogens is 316 g/mol. The Morgan fingerprint density at radius 1 is 1.33 bits per heavy atom. The zero-order valence-corrected chi connectivity index (χ0v) is 13.9. The minimum absolute atomic E-state index is 0.0867. The molecule has 0 aromatic carbocycles. The maximum absolute atomic E-state index is 12.5. The van der Waals surface area contributed by atoms with Crippen molar-refractivity contribution in [1.29, 1.82) is 0 Å². The average Bonchev–Trinajstić information content (AvgIpc) is 2.99. The summed E-state index contributed by atoms with van der Waals surface area (Å²) in [6.45, 7) is 4.94. The van der Waals surface area contributed by atoms with Gasteiger partial charge in [-0.2, -0.15) is 0 Å². The van der Waals surface area contributed by atoms with Crippen molar-refractivity contribution in [2.45, 2.75) is 38.7 Å². The number of hydrogen-bond acceptors (Lipinski definition) is 7. The number of esters is 2. The second kappa shape index (κ2) is 7.09. The largest absolute Gasteiger partial charge is 0.512 e. The molecule has 0 aliphatic heterocycles. The summed E-state index contributed by atoms with van der Waals surface area (Å²) in [5.41, 5.74) is -1.69. The highest BCUT2D eigenvalue weighted by Gasteiger charge is 2.53. The fraction of sp³-hybridized carbons (Fsp3) is 0.529. The molecular formula is C17H22O7. The molecule has 0 unspecified atom stereocenters. The number of carbonyl (C=O) groups excluding carboxylic acids is 2. The van der Waals surface area contributed by atoms with E-state index in [-0.39, 0.29) is 36.7 Å². The number of hydrogen-bond donors (Lipinski definition) is 2. The number of rotatable bonds is 5. The Labute approximate surface area is 139 Å². The van der Waals surface area contributed by atoms with Crippen molar-refractivity contribution in [2.24, 2.45) is 5.92 Å². The standard InChI is InChI=1S/C17H22O7/c1-4-22-15(19)12-10(18)9-17(3,21)14(16(20)23-5-2)13(12)11-7-6-8-24-11/h6-8,13-14,18,21H,4-5,9H2,1-3H3/t13-,14-,17+/m0/s1. The maximum atomic E-state index is 12.5. The van der Waals surface area contributed by atoms with Gasteiger partial charge in [0.2, 0.25) is 0 Å². The number of ether oxygens (including phenoxy) is 2. The van der Waals surface area contributed by atoms with Crippen LogP contribution in [-0.4, -0.2) is 41.0 Å². The van der Waals surface area contributed by atoms with Gasteiger partial charge in [-0.25, -0.2) is 4.79 Å². The van der Waals surface area contributed by atoms with Gasteiger partial charge in [0.05, 0.1) is 36.6 Å². The van der Waals surface area contributed by atoms with E-state index in [1.807, 2.05) is 0 Å². The van der Waals surface area contributed by atoms with Gasteiger partial charge in [-0.1, -0.05) is 0 Å². The lowest BCUT2D eigenvalue weighted by molar-refractivity contribution is -0.161. The van der Waals surface area contributed by atoms with E-state index in [1.165, 1.54) is 13.2 Å². The molecule has 7 heteroatoms. The SMILES string of the molecule is CCOC(=O)C1=C(O)C[C@@](C)(O)[C@H](C(=O)OCC)[C@H]1c1ccco1. The molecule has 1 heterocycles. The van der Waals surface area contributed by atoms with Crippen LogP contribution in [-0.2, 0) is 19.1 Å². The van der Waals surface area contributed by atoms with Crippen LogP contribution in [0, 0.1) is 5.92 Å². The number of aliphatic hydroxyl groups excluding tert-OH is 1. The first-order valence-corrected chi connectivity index (χ1v) is 7.85. The quantitative estimate of drug-likeness (QED) is 0.792. The lowest BCUT2D eigenvalue weighted by Gasteiger charge is -2.40. The van der Waals surface area contributed by atoms with Crippen molar-refractivity contribution in [3.63, 3.8) is 0 Å². The minimum atomic E-state index is -1.61. The normalized spacial score (nSPS) is 27.0. The molecule has 1 aromatic heterocycles. The van der Waals surface area contributed by atoms with Crippen LogP contribution in [0.25, 0.3) is 0 Å². The molecule has 1 aliphatic carbocycles. The minimum Gasteiger partial charge on any atom is -0.512 e. The Kier molecular flexibility index (Phi) is 5.33. The summed E-state index contributed by atoms with van der Waals surface area (Å²) in [5, 5.41) is 21.0. The number of furan rings is 1. The molecule has 0 saturated heterocycles. The van der Waals surface area contributed by atoms with Gasteiger partial charge >= 0.3 is 11.9 Å². The van der Waals surface area contributed by atoms with E-state index < -0.39 is 29.4 Å². The zero-order chi connectivity index (χ0) is 17.9. The van der Waals surface area contributed by atoms with Gasteiger partial charge in [-0.3, -0.25) is 4.79 Å². The summed E-state index contributed by atoms with van der Waals surface area (Å²) in [4.78, 5) is 24.8. The molecule has 0 amide bonds. The molecule has 2 N–H and O–H groups in total. The van der Waals surface area contributed by atoms with Crippen LogP contribution in [0.15, 0.2) is 34.1 Å². The predicted molar refractivity (Wildman–Crippen MR) is 83.1 cm³/mol. The molecule has 24 heavy (non-hydrogen) atoms. The molecule has 0 bridgehead atoms. The van der Waals surface area contributed by atoms with Crippen LogP contribution in [0.2, 0.25) is 0 Å². The first-order chi connectivity index (χ1) is 11.3. The van der Waals surface area contributed by atoms with Gasteiger partial charge in [0.15, 0.2) is 0 Å². The van der Waals surface area contributed by atoms with Gasteiger partial charge in [0, 0.05) is 6.42 Å². The summed E-state index contributed by atoms with van der Waals surface area (Å²) >= 11 is 0. The van der Waals surface area contributed by atoms with E-state index in [2.05, 4.69) is 0 Å². The molecule has 2 rings (SSSR count). The summed E-state index contributed by atoms with van der Waals surface area (Å²) < 4.78 is 15.4. The van der Waals surface area contributed by atoms with Gasteiger partial charge in [0.1, 0.15) is 17.4 Å². The fourth-order valence-corrected chi connectivity index (χ4v) is 3.10. The van der Waals surface area contributed by atoms with Crippen molar-refractivity contribution >= 4 is 11.9 Å². The third-order valence-electron chi connectivity index (χ3n) is 4.04. The van der Waals surface area contributed by atoms with Crippen LogP contribution >= 0.6 is 0 Å². The van der Waals surface area contributed by atoms with E-state index >= 15 is 0 Å². The topological polar surface area (TPSA) is 106 Å². The van der Waals surface area contributed by atoms with Crippen molar-refractivity contribution < 1.29 is 33.7 Å². The summed E-state index contributed by atoms with van der Waals surface area (Å²) in [5.74, 6) is -3.58. The van der Waals surface area contributed by atoms with Crippen LogP contribution in [0.5, 0.6) is 0 Å². The second-order valence-electron chi connectivity index (χ2n) is 5.84. The Morgan fingerprint density at radius 3 is 2.54 bits per heavy atom. The van der Waals surface area contributed by atoms with Crippen molar-refractivity contribution in [2.75, 3.05) is 13.2 Å². The molecule has 1 aromatic rings. The molecule has 1 aliphatic rings. The molecule has 132 valence electrons. The first-order valence-electron chi connectivity index (χ1n) is 7.85. The maximum Gasteiger partial charge on any atom is 0.338 e. The van der Waals surface area contributed by atoms with E-state index in [0.29, 0.717) is 0 Å². The van der Waals surface area contributed by atoms with Crippen LogP contribution in [0.1, 0.15) is 38.9 Å². The Hall–Kier alpha value is -2.28. The summed E-state index contributed by atoms with van der Waals surface area (Å²) in [6, 6.07) is 3.17. The molecule has 0 saturated carbocycles. The second-order valence-corrected chi connectivity index (χ2v) is 5.84. The predicted octanol–water partition coefficient (Wildman–Crippen LogP) is 2.07. The van der Waals surface area contributed by atoms with Gasteiger partial charge < -0.3 is 24.1 Å². The summed E-state index contributed by atoms with van der Waals surface area (Å²) in [6.07, 6.45) is 1.13. The van der Waals surface area contributed by atoms with Gasteiger partial charge in [-0.05, 0) is 32.9 Å². The Bertz CT molecular complexity index is 627. The van der Waals surface area contributed by atoms with Crippen LogP contribution in [0.3, 0.4) is 0 Å². The van der Waals surface area contributed by atoms with Crippen LogP contribution < -0.4 is 0 Å². The highest BCUT2D eigenvalue weighted by atomic mass is 16.5. The lowest BCUT2D eigenvalue weighted by Crippen LogP contribution is -2.49. The summed E-state index contributed by atoms with van der Waals surface area (Å²) in [7, 11) is 0. The van der Waals surface area contributed by atoms with Gasteiger partial charge in [-0.15, -0.1) is 0 Å². The van der Waals surface area contributed by atoms with Crippen molar-refractivity contribution in [1.82, 2.24) is 0 Å². The zero-order valence-electron chi connectivity index (χ0n) is 13.9. The first kappa shape index (κ1) is 18.1. The number of carbonyl (C=O) groups is 2. The molecule has 0 spiro atoms. The van der Waals surface area contributed by atoms with Gasteiger partial charge in [0.25, 0.3) is 0 Å². The van der Waals surface area contributed by atoms with Crippen LogP contribution in [0.4, 0.5) is 0 Å². The van der Waals surface area contributed by atoms with E-state index in [0.717, 1.165) is 0 Å². The van der Waals surface area contributed by atoms with Crippen molar-refractivity contribution in [3.8, 4) is 0 Å².